The zero-order valence-corrected chi connectivity index (χ0v) is 43.0. The van der Waals surface area contributed by atoms with E-state index in [0.29, 0.717) is 6.42 Å². The molecule has 1 aliphatic heterocycles. The van der Waals surface area contributed by atoms with Crippen molar-refractivity contribution in [3.05, 3.63) is 36.5 Å². The van der Waals surface area contributed by atoms with Crippen molar-refractivity contribution in [2.24, 2.45) is 0 Å². The maximum Gasteiger partial charge on any atom is 0.220 e. The molecular weight excluding hydrogens is 827 g/mol. The molecule has 1 rings (SSSR count). The Bertz CT molecular complexity index is 1130. The van der Waals surface area contributed by atoms with Gasteiger partial charge in [-0.2, -0.15) is 0 Å². The van der Waals surface area contributed by atoms with Crippen molar-refractivity contribution in [2.45, 2.75) is 307 Å². The number of aliphatic hydroxyl groups excluding tert-OH is 5. The van der Waals surface area contributed by atoms with Gasteiger partial charge >= 0.3 is 0 Å². The summed E-state index contributed by atoms with van der Waals surface area (Å²) >= 11 is 0. The highest BCUT2D eigenvalue weighted by molar-refractivity contribution is 5.76. The highest BCUT2D eigenvalue weighted by atomic mass is 16.7. The van der Waals surface area contributed by atoms with Crippen LogP contribution in [0.5, 0.6) is 0 Å². The molecule has 9 heteroatoms. The Morgan fingerprint density at radius 3 is 1.24 bits per heavy atom. The first kappa shape index (κ1) is 62.4. The Balaban J connectivity index is 2.09. The molecule has 0 radical (unpaired) electrons. The molecule has 0 aromatic carbocycles. The van der Waals surface area contributed by atoms with Crippen molar-refractivity contribution in [2.75, 3.05) is 13.2 Å². The Kier molecular flexibility index (Phi) is 44.6. The fourth-order valence-corrected chi connectivity index (χ4v) is 8.96. The fraction of sp³-hybridized carbons (Fsp3) is 0.877. The van der Waals surface area contributed by atoms with Crippen LogP contribution in [0.3, 0.4) is 0 Å². The Hall–Kier alpha value is -1.59. The molecule has 1 aliphatic rings. The number of hydrogen-bond donors (Lipinski definition) is 6. The third-order valence-corrected chi connectivity index (χ3v) is 13.4. The molecule has 1 heterocycles. The number of unbranched alkanes of at least 4 members (excludes halogenated alkanes) is 34. The molecule has 1 amide bonds. The number of rotatable bonds is 48. The predicted molar refractivity (Wildman–Crippen MR) is 276 cm³/mol. The van der Waals surface area contributed by atoms with Crippen LogP contribution in [-0.2, 0) is 14.3 Å². The van der Waals surface area contributed by atoms with Crippen molar-refractivity contribution >= 4 is 5.91 Å². The molecule has 0 aliphatic carbocycles. The van der Waals surface area contributed by atoms with Gasteiger partial charge in [0.25, 0.3) is 0 Å². The van der Waals surface area contributed by atoms with E-state index in [-0.39, 0.29) is 12.5 Å². The van der Waals surface area contributed by atoms with Crippen molar-refractivity contribution in [3.63, 3.8) is 0 Å². The van der Waals surface area contributed by atoms with E-state index in [9.17, 15) is 30.3 Å². The summed E-state index contributed by atoms with van der Waals surface area (Å²) < 4.78 is 11.2. The van der Waals surface area contributed by atoms with E-state index in [2.05, 4.69) is 43.5 Å². The average molecular weight is 934 g/mol. The van der Waals surface area contributed by atoms with Crippen LogP contribution in [0.4, 0.5) is 0 Å². The topological polar surface area (TPSA) is 149 Å². The SMILES string of the molecule is CCC/C=C/CC/C=C/CC/C=C/C(O)C(COC1OC(CO)C(O)C(O)C1O)NC(=O)CCCCCCCCCCCCCCCCCCCCCCCCCCCCCCCCCC. The molecule has 0 bridgehead atoms. The predicted octanol–water partition coefficient (Wildman–Crippen LogP) is 13.6. The minimum atomic E-state index is -1.57. The van der Waals surface area contributed by atoms with Gasteiger partial charge in [0, 0.05) is 6.42 Å². The second kappa shape index (κ2) is 47.1. The first-order valence-corrected chi connectivity index (χ1v) is 28.2. The summed E-state index contributed by atoms with van der Waals surface area (Å²) in [6.45, 7) is 3.69. The first-order chi connectivity index (χ1) is 32.3. The highest BCUT2D eigenvalue weighted by Gasteiger charge is 2.44. The molecule has 0 saturated carbocycles. The normalized spacial score (nSPS) is 20.0. The molecule has 1 saturated heterocycles. The molecule has 0 aromatic heterocycles. The minimum Gasteiger partial charge on any atom is -0.394 e. The van der Waals surface area contributed by atoms with Crippen LogP contribution >= 0.6 is 0 Å². The quantitative estimate of drug-likeness (QED) is 0.0261. The van der Waals surface area contributed by atoms with Gasteiger partial charge in [0.05, 0.1) is 25.4 Å². The van der Waals surface area contributed by atoms with Gasteiger partial charge in [0.2, 0.25) is 5.91 Å². The summed E-state index contributed by atoms with van der Waals surface area (Å²) in [4.78, 5) is 13.0. The third kappa shape index (κ3) is 36.4. The second-order valence-electron chi connectivity index (χ2n) is 19.7. The summed E-state index contributed by atoms with van der Waals surface area (Å²) in [6, 6.07) is -0.824. The Morgan fingerprint density at radius 1 is 0.500 bits per heavy atom. The van der Waals surface area contributed by atoms with Crippen molar-refractivity contribution in [1.29, 1.82) is 0 Å². The zero-order chi connectivity index (χ0) is 48.0. The Morgan fingerprint density at radius 2 is 0.864 bits per heavy atom. The number of ether oxygens (including phenoxy) is 2. The van der Waals surface area contributed by atoms with Gasteiger partial charge in [-0.1, -0.05) is 256 Å². The van der Waals surface area contributed by atoms with Crippen LogP contribution < -0.4 is 5.32 Å². The molecule has 0 spiro atoms. The molecule has 7 unspecified atom stereocenters. The maximum atomic E-state index is 13.0. The van der Waals surface area contributed by atoms with Crippen LogP contribution in [0.2, 0.25) is 0 Å². The van der Waals surface area contributed by atoms with Gasteiger partial charge in [-0.15, -0.1) is 0 Å². The van der Waals surface area contributed by atoms with Gasteiger partial charge in [-0.05, 0) is 38.5 Å². The van der Waals surface area contributed by atoms with Crippen molar-refractivity contribution in [1.82, 2.24) is 5.32 Å². The summed E-state index contributed by atoms with van der Waals surface area (Å²) in [7, 11) is 0. The minimum absolute atomic E-state index is 0.189. The lowest BCUT2D eigenvalue weighted by atomic mass is 9.99. The lowest BCUT2D eigenvalue weighted by Crippen LogP contribution is -2.60. The van der Waals surface area contributed by atoms with E-state index < -0.39 is 49.5 Å². The van der Waals surface area contributed by atoms with Crippen molar-refractivity contribution < 1.29 is 39.8 Å². The van der Waals surface area contributed by atoms with E-state index in [0.717, 1.165) is 57.8 Å². The number of hydrogen-bond acceptors (Lipinski definition) is 8. The van der Waals surface area contributed by atoms with Crippen LogP contribution in [0, 0.1) is 0 Å². The average Bonchev–Trinajstić information content (AvgIpc) is 3.32. The number of aliphatic hydroxyl groups is 5. The number of carbonyl (C=O) groups excluding carboxylic acids is 1. The zero-order valence-electron chi connectivity index (χ0n) is 43.0. The van der Waals surface area contributed by atoms with E-state index in [1.165, 1.54) is 186 Å². The van der Waals surface area contributed by atoms with Gasteiger partial charge in [0.1, 0.15) is 24.4 Å². The largest absolute Gasteiger partial charge is 0.394 e. The summed E-state index contributed by atoms with van der Waals surface area (Å²) in [5, 5.41) is 54.2. The number of nitrogens with one attached hydrogen (secondary N) is 1. The van der Waals surface area contributed by atoms with Gasteiger partial charge < -0.3 is 40.3 Å². The summed E-state index contributed by atoms with van der Waals surface area (Å²) in [5.41, 5.74) is 0. The van der Waals surface area contributed by atoms with E-state index in [1.54, 1.807) is 6.08 Å². The van der Waals surface area contributed by atoms with E-state index in [4.69, 9.17) is 9.47 Å². The smallest absolute Gasteiger partial charge is 0.220 e. The second-order valence-corrected chi connectivity index (χ2v) is 19.7. The van der Waals surface area contributed by atoms with Crippen LogP contribution in [0.15, 0.2) is 36.5 Å². The molecule has 7 atom stereocenters. The van der Waals surface area contributed by atoms with Crippen LogP contribution in [0.25, 0.3) is 0 Å². The van der Waals surface area contributed by atoms with Crippen molar-refractivity contribution in [3.8, 4) is 0 Å². The molecule has 66 heavy (non-hydrogen) atoms. The van der Waals surface area contributed by atoms with Gasteiger partial charge in [-0.25, -0.2) is 0 Å². The maximum absolute atomic E-state index is 13.0. The molecular formula is C57H107NO8. The van der Waals surface area contributed by atoms with E-state index in [1.807, 2.05) is 6.08 Å². The van der Waals surface area contributed by atoms with Gasteiger partial charge in [-0.3, -0.25) is 4.79 Å². The molecule has 1 fully saturated rings. The van der Waals surface area contributed by atoms with E-state index >= 15 is 0 Å². The molecule has 388 valence electrons. The summed E-state index contributed by atoms with van der Waals surface area (Å²) in [5.74, 6) is -0.189. The number of carbonyl (C=O) groups is 1. The Labute approximate surface area is 406 Å². The first-order valence-electron chi connectivity index (χ1n) is 28.2. The number of amides is 1. The molecule has 0 aromatic rings. The third-order valence-electron chi connectivity index (χ3n) is 13.4. The lowest BCUT2D eigenvalue weighted by Gasteiger charge is -2.40. The monoisotopic (exact) mass is 934 g/mol. The molecule has 9 nitrogen and oxygen atoms in total. The van der Waals surface area contributed by atoms with Crippen LogP contribution in [0.1, 0.15) is 264 Å². The highest BCUT2D eigenvalue weighted by Crippen LogP contribution is 2.23. The number of allylic oxidation sites excluding steroid dienone is 5. The van der Waals surface area contributed by atoms with Crippen LogP contribution in [-0.4, -0.2) is 87.5 Å². The standard InChI is InChI=1S/C57H107NO8/c1-3-5-7-9-11-13-15-16-17-18-19-20-21-22-23-24-25-26-27-28-29-30-31-32-33-34-35-37-39-41-43-45-47-53(61)58-50(49-65-57-56(64)55(63)54(62)52(48-59)66-57)51(60)46-44-42-40-38-36-14-12-10-8-6-4-2/h8,10,36,38,44,46,50-52,54-57,59-60,62-64H,3-7,9,11-35,37,39-43,45,47-49H2,1-2H3,(H,58,61)/b10-8+,38-36+,46-44+. The molecule has 6 N–H and O–H groups in total. The fourth-order valence-electron chi connectivity index (χ4n) is 8.96. The lowest BCUT2D eigenvalue weighted by molar-refractivity contribution is -0.302. The summed E-state index contributed by atoms with van der Waals surface area (Å²) in [6.07, 6.45) is 53.9. The van der Waals surface area contributed by atoms with Gasteiger partial charge in [0.15, 0.2) is 6.29 Å².